The molecule has 94 valence electrons. The molecule has 0 atom stereocenters. The van der Waals surface area contributed by atoms with E-state index in [2.05, 4.69) is 0 Å². The first-order valence-electron chi connectivity index (χ1n) is 5.33. The summed E-state index contributed by atoms with van der Waals surface area (Å²) < 4.78 is 13.4. The van der Waals surface area contributed by atoms with Crippen LogP contribution in [0.15, 0.2) is 18.2 Å². The van der Waals surface area contributed by atoms with Crippen molar-refractivity contribution in [2.24, 2.45) is 0 Å². The van der Waals surface area contributed by atoms with Gasteiger partial charge in [-0.2, -0.15) is 0 Å². The number of rotatable bonds is 5. The Labute approximate surface area is 105 Å². The first-order chi connectivity index (χ1) is 8.04. The Morgan fingerprint density at radius 2 is 2.24 bits per heavy atom. The van der Waals surface area contributed by atoms with E-state index in [0.29, 0.717) is 17.0 Å². The number of benzene rings is 1. The monoisotopic (exact) mass is 259 g/mol. The third-order valence-corrected chi connectivity index (χ3v) is 2.62. The van der Waals surface area contributed by atoms with Gasteiger partial charge >= 0.3 is 0 Å². The summed E-state index contributed by atoms with van der Waals surface area (Å²) in [5, 5.41) is 9.06. The van der Waals surface area contributed by atoms with Crippen LogP contribution in [0.25, 0.3) is 0 Å². The predicted octanol–water partition coefficient (Wildman–Crippen LogP) is 2.21. The van der Waals surface area contributed by atoms with Crippen LogP contribution in [0.5, 0.6) is 0 Å². The van der Waals surface area contributed by atoms with Gasteiger partial charge in [0.25, 0.3) is 0 Å². The van der Waals surface area contributed by atoms with Crippen LogP contribution in [0.3, 0.4) is 0 Å². The third kappa shape index (κ3) is 4.32. The molecule has 0 aliphatic carbocycles. The lowest BCUT2D eigenvalue weighted by molar-refractivity contribution is -0.130. The highest BCUT2D eigenvalue weighted by atomic mass is 35.5. The van der Waals surface area contributed by atoms with Crippen molar-refractivity contribution in [2.45, 2.75) is 19.4 Å². The number of carbonyl (C=O) groups is 1. The lowest BCUT2D eigenvalue weighted by Crippen LogP contribution is -2.26. The summed E-state index contributed by atoms with van der Waals surface area (Å²) in [4.78, 5) is 13.0. The normalized spacial score (nSPS) is 10.4. The fourth-order valence-corrected chi connectivity index (χ4v) is 1.62. The lowest BCUT2D eigenvalue weighted by Gasteiger charge is -2.17. The van der Waals surface area contributed by atoms with E-state index < -0.39 is 0 Å². The number of hydrogen-bond acceptors (Lipinski definition) is 2. The van der Waals surface area contributed by atoms with Crippen molar-refractivity contribution < 1.29 is 14.3 Å². The molecular formula is C12H15ClFNO2. The van der Waals surface area contributed by atoms with E-state index in [0.717, 1.165) is 0 Å². The van der Waals surface area contributed by atoms with Gasteiger partial charge in [-0.15, -0.1) is 0 Å². The van der Waals surface area contributed by atoms with Crippen LogP contribution in [0.2, 0.25) is 5.02 Å². The highest BCUT2D eigenvalue weighted by Crippen LogP contribution is 2.16. The van der Waals surface area contributed by atoms with Crippen LogP contribution in [0, 0.1) is 5.82 Å². The van der Waals surface area contributed by atoms with Crippen molar-refractivity contribution in [3.05, 3.63) is 34.6 Å². The van der Waals surface area contributed by atoms with Crippen molar-refractivity contribution in [1.29, 1.82) is 0 Å². The largest absolute Gasteiger partial charge is 0.396 e. The topological polar surface area (TPSA) is 40.5 Å². The van der Waals surface area contributed by atoms with Crippen LogP contribution in [0.4, 0.5) is 4.39 Å². The summed E-state index contributed by atoms with van der Waals surface area (Å²) in [6.07, 6.45) is 0.677. The van der Waals surface area contributed by atoms with Gasteiger partial charge in [0.2, 0.25) is 5.91 Å². The molecule has 0 spiro atoms. The number of halogens is 2. The molecule has 0 unspecified atom stereocenters. The van der Waals surface area contributed by atoms with Gasteiger partial charge in [0.05, 0.1) is 0 Å². The maximum Gasteiger partial charge on any atom is 0.222 e. The predicted molar refractivity (Wildman–Crippen MR) is 64.2 cm³/mol. The number of aliphatic hydroxyl groups is 1. The minimum absolute atomic E-state index is 0.0227. The van der Waals surface area contributed by atoms with E-state index in [-0.39, 0.29) is 31.3 Å². The van der Waals surface area contributed by atoms with E-state index >= 15 is 0 Å². The van der Waals surface area contributed by atoms with E-state index in [9.17, 15) is 9.18 Å². The van der Waals surface area contributed by atoms with Gasteiger partial charge in [0.1, 0.15) is 5.82 Å². The molecule has 1 aromatic carbocycles. The molecule has 1 rings (SSSR count). The average Bonchev–Trinajstić information content (AvgIpc) is 2.30. The smallest absolute Gasteiger partial charge is 0.222 e. The third-order valence-electron chi connectivity index (χ3n) is 2.39. The zero-order valence-corrected chi connectivity index (χ0v) is 10.4. The molecule has 1 aromatic rings. The van der Waals surface area contributed by atoms with Gasteiger partial charge in [-0.05, 0) is 24.6 Å². The molecule has 5 heteroatoms. The van der Waals surface area contributed by atoms with E-state index in [1.165, 1.54) is 23.1 Å². The second kappa shape index (κ2) is 6.57. The van der Waals surface area contributed by atoms with Crippen LogP contribution in [-0.2, 0) is 11.3 Å². The Morgan fingerprint density at radius 1 is 1.53 bits per heavy atom. The molecule has 0 fully saturated rings. The molecule has 0 heterocycles. The summed E-state index contributed by atoms with van der Waals surface area (Å²) in [6, 6.07) is 4.25. The molecule has 0 radical (unpaired) electrons. The number of hydrogen-bond donors (Lipinski definition) is 1. The molecule has 0 aliphatic heterocycles. The summed E-state index contributed by atoms with van der Waals surface area (Å²) in [7, 11) is 1.60. The second-order valence-electron chi connectivity index (χ2n) is 3.81. The summed E-state index contributed by atoms with van der Waals surface area (Å²) >= 11 is 5.76. The van der Waals surface area contributed by atoms with Crippen molar-refractivity contribution in [3.63, 3.8) is 0 Å². The number of nitrogens with zero attached hydrogens (tertiary/aromatic N) is 1. The standard InChI is InChI=1S/C12H15ClFNO2/c1-15(12(17)3-2-6-16)8-9-7-10(13)4-5-11(9)14/h4-5,7,16H,2-3,6,8H2,1H3. The highest BCUT2D eigenvalue weighted by molar-refractivity contribution is 6.30. The SMILES string of the molecule is CN(Cc1cc(Cl)ccc1F)C(=O)CCCO. The summed E-state index contributed by atoms with van der Waals surface area (Å²) in [5.74, 6) is -0.505. The maximum atomic E-state index is 13.4. The minimum atomic E-state index is -0.379. The van der Waals surface area contributed by atoms with Gasteiger partial charge in [-0.25, -0.2) is 4.39 Å². The van der Waals surface area contributed by atoms with Crippen LogP contribution in [0.1, 0.15) is 18.4 Å². The van der Waals surface area contributed by atoms with Crippen LogP contribution in [-0.4, -0.2) is 29.6 Å². The lowest BCUT2D eigenvalue weighted by atomic mass is 10.2. The van der Waals surface area contributed by atoms with E-state index in [1.807, 2.05) is 0 Å². The van der Waals surface area contributed by atoms with Gasteiger partial charge in [-0.1, -0.05) is 11.6 Å². The molecule has 0 aliphatic rings. The number of carbonyl (C=O) groups excluding carboxylic acids is 1. The van der Waals surface area contributed by atoms with Crippen molar-refractivity contribution in [3.8, 4) is 0 Å². The zero-order chi connectivity index (χ0) is 12.8. The highest BCUT2D eigenvalue weighted by Gasteiger charge is 2.11. The Morgan fingerprint density at radius 3 is 2.88 bits per heavy atom. The van der Waals surface area contributed by atoms with E-state index in [4.69, 9.17) is 16.7 Å². The van der Waals surface area contributed by atoms with Crippen LogP contribution < -0.4 is 0 Å². The Hall–Kier alpha value is -1.13. The quantitative estimate of drug-likeness (QED) is 0.881. The molecule has 0 saturated heterocycles. The Bertz CT molecular complexity index is 398. The van der Waals surface area contributed by atoms with E-state index in [1.54, 1.807) is 7.05 Å². The van der Waals surface area contributed by atoms with Crippen molar-refractivity contribution in [1.82, 2.24) is 4.90 Å². The molecular weight excluding hydrogens is 245 g/mol. The first kappa shape index (κ1) is 13.9. The Kier molecular flexibility index (Phi) is 5.38. The molecule has 1 amide bonds. The summed E-state index contributed by atoms with van der Waals surface area (Å²) in [6.45, 7) is 0.155. The fraction of sp³-hybridized carbons (Fsp3) is 0.417. The molecule has 0 bridgehead atoms. The molecule has 0 saturated carbocycles. The van der Waals surface area contributed by atoms with Crippen molar-refractivity contribution >= 4 is 17.5 Å². The first-order valence-corrected chi connectivity index (χ1v) is 5.71. The van der Waals surface area contributed by atoms with Gasteiger partial charge in [0, 0.05) is 37.2 Å². The molecule has 3 nitrogen and oxygen atoms in total. The van der Waals surface area contributed by atoms with Gasteiger partial charge < -0.3 is 10.0 Å². The zero-order valence-electron chi connectivity index (χ0n) is 9.62. The minimum Gasteiger partial charge on any atom is -0.396 e. The fourth-order valence-electron chi connectivity index (χ4n) is 1.43. The number of amides is 1. The molecule has 0 aromatic heterocycles. The van der Waals surface area contributed by atoms with Gasteiger partial charge in [-0.3, -0.25) is 4.79 Å². The average molecular weight is 260 g/mol. The van der Waals surface area contributed by atoms with Crippen molar-refractivity contribution in [2.75, 3.05) is 13.7 Å². The maximum absolute atomic E-state index is 13.4. The van der Waals surface area contributed by atoms with Gasteiger partial charge in [0.15, 0.2) is 0 Å². The Balaban J connectivity index is 2.64. The number of aliphatic hydroxyl groups excluding tert-OH is 1. The second-order valence-corrected chi connectivity index (χ2v) is 4.25. The van der Waals surface area contributed by atoms with Crippen LogP contribution >= 0.6 is 11.6 Å². The molecule has 1 N–H and O–H groups in total. The molecule has 17 heavy (non-hydrogen) atoms. The summed E-state index contributed by atoms with van der Waals surface area (Å²) in [5.41, 5.74) is 0.386.